The van der Waals surface area contributed by atoms with E-state index in [2.05, 4.69) is 4.98 Å². The van der Waals surface area contributed by atoms with Crippen molar-refractivity contribution >= 4 is 28.5 Å². The van der Waals surface area contributed by atoms with Gasteiger partial charge in [0, 0.05) is 30.6 Å². The summed E-state index contributed by atoms with van der Waals surface area (Å²) in [5, 5.41) is 10.5. The first-order valence-electron chi connectivity index (χ1n) is 10.1. The second kappa shape index (κ2) is 8.85. The predicted molar refractivity (Wildman–Crippen MR) is 116 cm³/mol. The average molecular weight is 449 g/mol. The number of H-pyrrole nitrogens is 1. The molecule has 2 aromatic carbocycles. The molecule has 1 aliphatic rings. The lowest BCUT2D eigenvalue weighted by Gasteiger charge is -2.39. The van der Waals surface area contributed by atoms with Gasteiger partial charge in [-0.15, -0.1) is 0 Å². The van der Waals surface area contributed by atoms with Crippen molar-refractivity contribution in [2.45, 2.75) is 31.8 Å². The molecule has 0 aliphatic carbocycles. The van der Waals surface area contributed by atoms with Crippen LogP contribution in [0.3, 0.4) is 0 Å². The molecule has 4 rings (SSSR count). The highest BCUT2D eigenvalue weighted by molar-refractivity contribution is 6.33. The summed E-state index contributed by atoms with van der Waals surface area (Å²) in [6.07, 6.45) is -0.330. The van der Waals surface area contributed by atoms with E-state index in [1.54, 1.807) is 17.0 Å². The number of hydrogen-bond acceptors (Lipinski definition) is 3. The van der Waals surface area contributed by atoms with Crippen LogP contribution in [0.15, 0.2) is 42.6 Å². The van der Waals surface area contributed by atoms with Crippen molar-refractivity contribution in [3.05, 3.63) is 64.3 Å². The molecule has 1 aliphatic heterocycles. The highest BCUT2D eigenvalue weighted by atomic mass is 35.5. The summed E-state index contributed by atoms with van der Waals surface area (Å²) in [7, 11) is 0. The highest BCUT2D eigenvalue weighted by Crippen LogP contribution is 2.39. The van der Waals surface area contributed by atoms with Gasteiger partial charge in [-0.2, -0.15) is 0 Å². The van der Waals surface area contributed by atoms with E-state index in [0.29, 0.717) is 30.3 Å². The monoisotopic (exact) mass is 448 g/mol. The van der Waals surface area contributed by atoms with Crippen LogP contribution in [-0.4, -0.2) is 53.1 Å². The van der Waals surface area contributed by atoms with Crippen LogP contribution in [0.25, 0.3) is 10.9 Å². The maximum atomic E-state index is 13.0. The van der Waals surface area contributed by atoms with Crippen LogP contribution in [0, 0.1) is 6.92 Å². The maximum Gasteiger partial charge on any atom is 0.335 e. The fourth-order valence-electron chi connectivity index (χ4n) is 4.31. The topological polar surface area (TPSA) is 65.6 Å². The molecule has 0 unspecified atom stereocenters. The second-order valence-electron chi connectivity index (χ2n) is 7.90. The Labute approximate surface area is 183 Å². The summed E-state index contributed by atoms with van der Waals surface area (Å²) < 4.78 is 32.4. The quantitative estimate of drug-likeness (QED) is 0.535. The fraction of sp³-hybridized carbons (Fsp3) is 0.348. The van der Waals surface area contributed by atoms with Crippen molar-refractivity contribution in [2.24, 2.45) is 0 Å². The first-order chi connectivity index (χ1) is 14.8. The van der Waals surface area contributed by atoms with Crippen LogP contribution in [0.2, 0.25) is 5.02 Å². The minimum atomic E-state index is -2.42. The first kappa shape index (κ1) is 21.6. The van der Waals surface area contributed by atoms with Gasteiger partial charge in [-0.1, -0.05) is 23.7 Å². The first-order valence-corrected chi connectivity index (χ1v) is 10.5. The van der Waals surface area contributed by atoms with Gasteiger partial charge in [0.15, 0.2) is 0 Å². The summed E-state index contributed by atoms with van der Waals surface area (Å²) in [5.74, 6) is -0.645. The molecule has 1 saturated heterocycles. The van der Waals surface area contributed by atoms with Gasteiger partial charge in [-0.3, -0.25) is 4.90 Å². The largest absolute Gasteiger partial charge is 0.487 e. The third kappa shape index (κ3) is 4.52. The number of carboxylic acids is 1. The molecule has 164 valence electrons. The van der Waals surface area contributed by atoms with E-state index >= 15 is 0 Å². The Kier molecular flexibility index (Phi) is 6.16. The number of aromatic nitrogens is 1. The predicted octanol–water partition coefficient (Wildman–Crippen LogP) is 5.33. The number of piperidine rings is 1. The zero-order valence-corrected chi connectivity index (χ0v) is 17.7. The van der Waals surface area contributed by atoms with Gasteiger partial charge in [0.25, 0.3) is 6.43 Å². The summed E-state index contributed by atoms with van der Waals surface area (Å²) in [5.41, 5.74) is 2.97. The molecule has 3 aromatic rings. The van der Waals surface area contributed by atoms with E-state index in [9.17, 15) is 18.7 Å². The SMILES string of the molecule is Cc1cc(Cl)c(O[C@@H]2CCN(CC(F)F)C[C@H]2c2ccc(C(=O)O)cc2)c2cc[nH]c12. The Bertz CT molecular complexity index is 1080. The average Bonchev–Trinajstić information content (AvgIpc) is 3.22. The van der Waals surface area contributed by atoms with Crippen LogP contribution in [-0.2, 0) is 0 Å². The summed E-state index contributed by atoms with van der Waals surface area (Å²) in [6, 6.07) is 10.3. The van der Waals surface area contributed by atoms with Gasteiger partial charge in [-0.05, 0) is 48.7 Å². The fourth-order valence-corrected chi connectivity index (χ4v) is 4.62. The smallest absolute Gasteiger partial charge is 0.335 e. The van der Waals surface area contributed by atoms with Crippen LogP contribution in [0.1, 0.15) is 33.8 Å². The number of halogens is 3. The third-order valence-corrected chi connectivity index (χ3v) is 6.11. The van der Waals surface area contributed by atoms with E-state index in [-0.39, 0.29) is 24.1 Å². The molecule has 5 nitrogen and oxygen atoms in total. The number of aryl methyl sites for hydroxylation is 1. The number of alkyl halides is 2. The molecule has 0 radical (unpaired) electrons. The summed E-state index contributed by atoms with van der Waals surface area (Å²) in [4.78, 5) is 16.1. The van der Waals surface area contributed by atoms with E-state index < -0.39 is 12.4 Å². The van der Waals surface area contributed by atoms with Crippen molar-refractivity contribution in [2.75, 3.05) is 19.6 Å². The minimum absolute atomic E-state index is 0.178. The number of carbonyl (C=O) groups is 1. The molecule has 0 amide bonds. The Hall–Kier alpha value is -2.64. The minimum Gasteiger partial charge on any atom is -0.487 e. The number of ether oxygens (including phenoxy) is 1. The Morgan fingerprint density at radius 2 is 2.06 bits per heavy atom. The molecule has 31 heavy (non-hydrogen) atoms. The van der Waals surface area contributed by atoms with Crippen molar-refractivity contribution in [3.8, 4) is 5.75 Å². The van der Waals surface area contributed by atoms with Gasteiger partial charge in [0.1, 0.15) is 11.9 Å². The zero-order valence-electron chi connectivity index (χ0n) is 16.9. The standard InChI is InChI=1S/C23H23ClF2N2O3/c1-13-10-18(24)22(16-6-8-27-21(13)16)31-19-7-9-28(12-20(25)26)11-17(19)14-2-4-15(5-3-14)23(29)30/h2-6,8,10,17,19-20,27H,7,9,11-12H2,1H3,(H,29,30)/t17-,19+/m0/s1. The number of aromatic carboxylic acids is 1. The van der Waals surface area contributed by atoms with E-state index in [0.717, 1.165) is 22.0 Å². The molecule has 0 saturated carbocycles. The van der Waals surface area contributed by atoms with Crippen molar-refractivity contribution in [1.82, 2.24) is 9.88 Å². The number of aromatic amines is 1. The van der Waals surface area contributed by atoms with Gasteiger partial charge < -0.3 is 14.8 Å². The van der Waals surface area contributed by atoms with Crippen LogP contribution in [0.4, 0.5) is 8.78 Å². The molecule has 2 heterocycles. The van der Waals surface area contributed by atoms with Crippen molar-refractivity contribution in [3.63, 3.8) is 0 Å². The van der Waals surface area contributed by atoms with Gasteiger partial charge in [0.05, 0.1) is 22.6 Å². The Balaban J connectivity index is 1.66. The summed E-state index contributed by atoms with van der Waals surface area (Å²) >= 11 is 6.52. The third-order valence-electron chi connectivity index (χ3n) is 5.83. The molecular formula is C23H23ClF2N2O3. The van der Waals surface area contributed by atoms with Crippen LogP contribution in [0.5, 0.6) is 5.75 Å². The zero-order chi connectivity index (χ0) is 22.1. The summed E-state index contributed by atoms with van der Waals surface area (Å²) in [6.45, 7) is 2.54. The molecule has 0 spiro atoms. The van der Waals surface area contributed by atoms with Gasteiger partial charge >= 0.3 is 5.97 Å². The Morgan fingerprint density at radius 1 is 1.32 bits per heavy atom. The number of benzene rings is 2. The van der Waals surface area contributed by atoms with Gasteiger partial charge in [0.2, 0.25) is 0 Å². The maximum absolute atomic E-state index is 13.0. The van der Waals surface area contributed by atoms with Gasteiger partial charge in [-0.25, -0.2) is 13.6 Å². The molecule has 2 atom stereocenters. The number of nitrogens with one attached hydrogen (secondary N) is 1. The normalized spacial score (nSPS) is 19.8. The molecule has 8 heteroatoms. The van der Waals surface area contributed by atoms with E-state index in [1.165, 1.54) is 12.1 Å². The second-order valence-corrected chi connectivity index (χ2v) is 8.31. The van der Waals surface area contributed by atoms with Crippen LogP contribution < -0.4 is 4.74 Å². The lowest BCUT2D eigenvalue weighted by atomic mass is 9.87. The molecule has 2 N–H and O–H groups in total. The number of rotatable bonds is 6. The number of carboxylic acid groups (broad SMARTS) is 1. The molecular weight excluding hydrogens is 426 g/mol. The van der Waals surface area contributed by atoms with E-state index in [1.807, 2.05) is 25.3 Å². The number of fused-ring (bicyclic) bond motifs is 1. The molecule has 1 fully saturated rings. The van der Waals surface area contributed by atoms with Crippen LogP contribution >= 0.6 is 11.6 Å². The van der Waals surface area contributed by atoms with Crippen molar-refractivity contribution in [1.29, 1.82) is 0 Å². The molecule has 0 bridgehead atoms. The Morgan fingerprint density at radius 3 is 2.74 bits per heavy atom. The highest BCUT2D eigenvalue weighted by Gasteiger charge is 2.34. The number of nitrogens with zero attached hydrogens (tertiary/aromatic N) is 1. The number of likely N-dealkylation sites (tertiary alicyclic amines) is 1. The lowest BCUT2D eigenvalue weighted by Crippen LogP contribution is -2.45. The van der Waals surface area contributed by atoms with E-state index in [4.69, 9.17) is 16.3 Å². The van der Waals surface area contributed by atoms with Crippen molar-refractivity contribution < 1.29 is 23.4 Å². The lowest BCUT2D eigenvalue weighted by molar-refractivity contribution is 0.0356. The molecule has 1 aromatic heterocycles. The number of hydrogen-bond donors (Lipinski definition) is 2.